The minimum atomic E-state index is -0.0362. The maximum absolute atomic E-state index is 12.9. The molecule has 31 heavy (non-hydrogen) atoms. The zero-order valence-electron chi connectivity index (χ0n) is 17.1. The minimum Gasteiger partial charge on any atom is -0.355 e. The topological polar surface area (TPSA) is 102 Å². The number of benzene rings is 1. The van der Waals surface area contributed by atoms with E-state index in [-0.39, 0.29) is 11.8 Å². The summed E-state index contributed by atoms with van der Waals surface area (Å²) in [4.78, 5) is 23.6. The van der Waals surface area contributed by atoms with Crippen molar-refractivity contribution >= 4 is 28.3 Å². The van der Waals surface area contributed by atoms with Crippen molar-refractivity contribution in [3.05, 3.63) is 60.8 Å². The molecular formula is C22H22N8O. The number of nitrogens with zero attached hydrogens (tertiary/aromatic N) is 7. The third kappa shape index (κ3) is 3.94. The van der Waals surface area contributed by atoms with Gasteiger partial charge < -0.3 is 10.2 Å². The number of piperidine rings is 1. The van der Waals surface area contributed by atoms with Gasteiger partial charge in [0.05, 0.1) is 11.2 Å². The first-order valence-corrected chi connectivity index (χ1v) is 10.3. The van der Waals surface area contributed by atoms with Gasteiger partial charge in [-0.05, 0) is 44.0 Å². The molecule has 1 amide bonds. The summed E-state index contributed by atoms with van der Waals surface area (Å²) >= 11 is 0. The largest absolute Gasteiger partial charge is 0.355 e. The van der Waals surface area contributed by atoms with E-state index in [2.05, 4.69) is 35.5 Å². The lowest BCUT2D eigenvalue weighted by Gasteiger charge is -2.31. The number of fused-ring (bicyclic) bond motifs is 1. The monoisotopic (exact) mass is 414 g/mol. The van der Waals surface area contributed by atoms with Gasteiger partial charge in [0.1, 0.15) is 12.7 Å². The predicted molar refractivity (Wildman–Crippen MR) is 117 cm³/mol. The van der Waals surface area contributed by atoms with Crippen molar-refractivity contribution in [3.63, 3.8) is 0 Å². The summed E-state index contributed by atoms with van der Waals surface area (Å²) in [7, 11) is 0. The van der Waals surface area contributed by atoms with Crippen LogP contribution in [0.2, 0.25) is 0 Å². The van der Waals surface area contributed by atoms with Crippen molar-refractivity contribution in [2.24, 2.45) is 5.92 Å². The van der Waals surface area contributed by atoms with Gasteiger partial charge in [0.25, 0.3) is 0 Å². The van der Waals surface area contributed by atoms with Gasteiger partial charge in [0.15, 0.2) is 11.6 Å². The lowest BCUT2D eigenvalue weighted by Crippen LogP contribution is -2.38. The third-order valence-electron chi connectivity index (χ3n) is 5.58. The Kier molecular flexibility index (Phi) is 4.99. The highest BCUT2D eigenvalue weighted by Crippen LogP contribution is 2.26. The number of para-hydroxylation sites is 1. The average Bonchev–Trinajstić information content (AvgIpc) is 3.34. The van der Waals surface area contributed by atoms with E-state index < -0.39 is 0 Å². The van der Waals surface area contributed by atoms with Crippen LogP contribution >= 0.6 is 0 Å². The van der Waals surface area contributed by atoms with Crippen LogP contribution in [-0.2, 0) is 4.79 Å². The smallest absolute Gasteiger partial charge is 0.227 e. The molecule has 4 aromatic rings. The molecule has 1 N–H and O–H groups in total. The molecule has 9 nitrogen and oxygen atoms in total. The van der Waals surface area contributed by atoms with E-state index in [0.717, 1.165) is 54.0 Å². The highest BCUT2D eigenvalue weighted by atomic mass is 16.1. The maximum atomic E-state index is 12.9. The van der Waals surface area contributed by atoms with Crippen LogP contribution in [0, 0.1) is 12.8 Å². The zero-order chi connectivity index (χ0) is 21.2. The lowest BCUT2D eigenvalue weighted by molar-refractivity contribution is -0.120. The summed E-state index contributed by atoms with van der Waals surface area (Å²) in [5.74, 6) is 1.45. The molecule has 0 atom stereocenters. The SMILES string of the molecule is Cc1cc(NC(=O)C2CCN(c3ccc(-n4cncn4)nn3)CC2)c2ccccc2n1. The fourth-order valence-corrected chi connectivity index (χ4v) is 3.95. The van der Waals surface area contributed by atoms with Crippen LogP contribution < -0.4 is 10.2 Å². The molecule has 0 saturated carbocycles. The summed E-state index contributed by atoms with van der Waals surface area (Å²) in [5, 5.41) is 16.7. The Labute approximate surface area is 179 Å². The molecule has 1 saturated heterocycles. The summed E-state index contributed by atoms with van der Waals surface area (Å²) in [6, 6.07) is 13.6. The van der Waals surface area contributed by atoms with E-state index in [1.165, 1.54) is 6.33 Å². The first kappa shape index (κ1) is 19.1. The number of nitrogens with one attached hydrogen (secondary N) is 1. The molecule has 156 valence electrons. The molecule has 1 aliphatic heterocycles. The first-order chi connectivity index (χ1) is 15.2. The molecule has 0 bridgehead atoms. The van der Waals surface area contributed by atoms with Crippen molar-refractivity contribution in [2.75, 3.05) is 23.3 Å². The van der Waals surface area contributed by atoms with Gasteiger partial charge in [-0.2, -0.15) is 5.10 Å². The fraction of sp³-hybridized carbons (Fsp3) is 0.273. The second-order valence-corrected chi connectivity index (χ2v) is 7.67. The van der Waals surface area contributed by atoms with E-state index in [1.807, 2.05) is 49.4 Å². The highest BCUT2D eigenvalue weighted by molar-refractivity contribution is 6.01. The standard InChI is InChI=1S/C22H22N8O/c1-15-12-19(17-4-2-3-5-18(17)25-15)26-22(31)16-8-10-29(11-9-16)20-6-7-21(28-27-20)30-14-23-13-24-30/h2-7,12-14,16H,8-11H2,1H3,(H,25,26,31). The number of aryl methyl sites for hydroxylation is 1. The normalized spacial score (nSPS) is 14.7. The van der Waals surface area contributed by atoms with Crippen LogP contribution in [0.3, 0.4) is 0 Å². The van der Waals surface area contributed by atoms with Gasteiger partial charge in [-0.1, -0.05) is 18.2 Å². The number of aromatic nitrogens is 6. The van der Waals surface area contributed by atoms with Crippen LogP contribution in [0.25, 0.3) is 16.7 Å². The van der Waals surface area contributed by atoms with E-state index in [9.17, 15) is 4.79 Å². The van der Waals surface area contributed by atoms with Gasteiger partial charge in [-0.25, -0.2) is 9.67 Å². The Morgan fingerprint density at radius 2 is 1.84 bits per heavy atom. The van der Waals surface area contributed by atoms with E-state index in [1.54, 1.807) is 11.0 Å². The number of amides is 1. The average molecular weight is 414 g/mol. The molecule has 3 aromatic heterocycles. The molecule has 0 spiro atoms. The molecule has 0 aliphatic carbocycles. The Morgan fingerprint density at radius 1 is 1.06 bits per heavy atom. The van der Waals surface area contributed by atoms with Crippen LogP contribution in [-0.4, -0.2) is 48.9 Å². The number of carbonyl (C=O) groups excluding carboxylic acids is 1. The second kappa shape index (κ2) is 8.10. The molecule has 1 aromatic carbocycles. The Hall–Kier alpha value is -3.88. The lowest BCUT2D eigenvalue weighted by atomic mass is 9.95. The Balaban J connectivity index is 1.23. The number of carbonyl (C=O) groups is 1. The van der Waals surface area contributed by atoms with Crippen LogP contribution in [0.4, 0.5) is 11.5 Å². The van der Waals surface area contributed by atoms with Gasteiger partial charge in [-0.3, -0.25) is 9.78 Å². The van der Waals surface area contributed by atoms with Gasteiger partial charge in [0.2, 0.25) is 5.91 Å². The second-order valence-electron chi connectivity index (χ2n) is 7.67. The van der Waals surface area contributed by atoms with Crippen LogP contribution in [0.1, 0.15) is 18.5 Å². The van der Waals surface area contributed by atoms with Gasteiger partial charge >= 0.3 is 0 Å². The van der Waals surface area contributed by atoms with E-state index in [4.69, 9.17) is 0 Å². The molecule has 0 radical (unpaired) electrons. The zero-order valence-corrected chi connectivity index (χ0v) is 17.1. The molecule has 4 heterocycles. The van der Waals surface area contributed by atoms with E-state index >= 15 is 0 Å². The predicted octanol–water partition coefficient (Wildman–Crippen LogP) is 2.77. The molecule has 9 heteroatoms. The van der Waals surface area contributed by atoms with Crippen LogP contribution in [0.15, 0.2) is 55.1 Å². The van der Waals surface area contributed by atoms with Crippen molar-refractivity contribution in [2.45, 2.75) is 19.8 Å². The van der Waals surface area contributed by atoms with E-state index in [0.29, 0.717) is 5.82 Å². The third-order valence-corrected chi connectivity index (χ3v) is 5.58. The quantitative estimate of drug-likeness (QED) is 0.548. The summed E-state index contributed by atoms with van der Waals surface area (Å²) in [6.07, 6.45) is 4.57. The summed E-state index contributed by atoms with van der Waals surface area (Å²) < 4.78 is 1.57. The number of rotatable bonds is 4. The highest BCUT2D eigenvalue weighted by Gasteiger charge is 2.26. The number of pyridine rings is 1. The van der Waals surface area contributed by atoms with Crippen molar-refractivity contribution in [1.82, 2.24) is 29.9 Å². The maximum Gasteiger partial charge on any atom is 0.227 e. The van der Waals surface area contributed by atoms with Crippen molar-refractivity contribution in [3.8, 4) is 5.82 Å². The summed E-state index contributed by atoms with van der Waals surface area (Å²) in [6.45, 7) is 3.45. The van der Waals surface area contributed by atoms with Gasteiger partial charge in [0, 0.05) is 30.1 Å². The minimum absolute atomic E-state index is 0.0362. The summed E-state index contributed by atoms with van der Waals surface area (Å²) in [5.41, 5.74) is 2.60. The molecule has 5 rings (SSSR count). The molecule has 1 fully saturated rings. The number of anilines is 2. The molecular weight excluding hydrogens is 392 g/mol. The van der Waals surface area contributed by atoms with Crippen molar-refractivity contribution < 1.29 is 4.79 Å². The Morgan fingerprint density at radius 3 is 2.58 bits per heavy atom. The number of hydrogen-bond donors (Lipinski definition) is 1. The molecule has 1 aliphatic rings. The van der Waals surface area contributed by atoms with Crippen LogP contribution in [0.5, 0.6) is 0 Å². The van der Waals surface area contributed by atoms with Crippen molar-refractivity contribution in [1.29, 1.82) is 0 Å². The Bertz CT molecular complexity index is 1200. The van der Waals surface area contributed by atoms with Gasteiger partial charge in [-0.15, -0.1) is 10.2 Å². The first-order valence-electron chi connectivity index (χ1n) is 10.3. The molecule has 0 unspecified atom stereocenters. The fourth-order valence-electron chi connectivity index (χ4n) is 3.95. The number of hydrogen-bond acceptors (Lipinski definition) is 7.